The summed E-state index contributed by atoms with van der Waals surface area (Å²) < 4.78 is 13.4. The maximum Gasteiger partial charge on any atom is 0.328 e. The maximum atomic E-state index is 13.4. The number of carboxylic acids is 1. The van der Waals surface area contributed by atoms with Gasteiger partial charge in [0.25, 0.3) is 0 Å². The minimum atomic E-state index is -0.970. The molecule has 0 unspecified atom stereocenters. The molecule has 0 fully saturated rings. The summed E-state index contributed by atoms with van der Waals surface area (Å²) in [6.45, 7) is 0. The van der Waals surface area contributed by atoms with Gasteiger partial charge in [-0.15, -0.1) is 0 Å². The monoisotopic (exact) mass is 206 g/mol. The minimum Gasteiger partial charge on any atom is -0.478 e. The Hall–Kier alpha value is -1.64. The molecule has 0 saturated carbocycles. The Labute approximate surface area is 87.0 Å². The smallest absolute Gasteiger partial charge is 0.328 e. The van der Waals surface area contributed by atoms with E-state index in [0.717, 1.165) is 17.6 Å². The SMILES string of the molecule is O=C(O)C=C1CCCc2c(F)cccc21. The molecule has 0 atom stereocenters. The van der Waals surface area contributed by atoms with Crippen LogP contribution >= 0.6 is 0 Å². The Morgan fingerprint density at radius 2 is 2.20 bits per heavy atom. The molecule has 1 aliphatic carbocycles. The first kappa shape index (κ1) is 9.90. The van der Waals surface area contributed by atoms with Gasteiger partial charge < -0.3 is 5.11 Å². The van der Waals surface area contributed by atoms with E-state index >= 15 is 0 Å². The van der Waals surface area contributed by atoms with E-state index in [4.69, 9.17) is 5.11 Å². The van der Waals surface area contributed by atoms with Crippen LogP contribution in [0.2, 0.25) is 0 Å². The number of hydrogen-bond donors (Lipinski definition) is 1. The lowest BCUT2D eigenvalue weighted by Crippen LogP contribution is -2.05. The summed E-state index contributed by atoms with van der Waals surface area (Å²) in [7, 11) is 0. The first-order valence-corrected chi connectivity index (χ1v) is 4.90. The van der Waals surface area contributed by atoms with Crippen molar-refractivity contribution in [3.8, 4) is 0 Å². The van der Waals surface area contributed by atoms with Crippen LogP contribution in [-0.4, -0.2) is 11.1 Å². The van der Waals surface area contributed by atoms with E-state index in [0.29, 0.717) is 18.4 Å². The Bertz CT molecular complexity index is 435. The first-order chi connectivity index (χ1) is 7.18. The van der Waals surface area contributed by atoms with Crippen molar-refractivity contribution >= 4 is 11.5 Å². The number of hydrogen-bond acceptors (Lipinski definition) is 1. The zero-order chi connectivity index (χ0) is 10.8. The normalized spacial score (nSPS) is 17.5. The number of fused-ring (bicyclic) bond motifs is 1. The van der Waals surface area contributed by atoms with Gasteiger partial charge in [0.1, 0.15) is 5.82 Å². The van der Waals surface area contributed by atoms with E-state index in [1.807, 2.05) is 0 Å². The molecule has 1 aromatic rings. The number of allylic oxidation sites excluding steroid dienone is 1. The lowest BCUT2D eigenvalue weighted by Gasteiger charge is -2.18. The third kappa shape index (κ3) is 1.91. The van der Waals surface area contributed by atoms with E-state index in [1.54, 1.807) is 12.1 Å². The van der Waals surface area contributed by atoms with E-state index in [2.05, 4.69) is 0 Å². The molecule has 78 valence electrons. The highest BCUT2D eigenvalue weighted by Gasteiger charge is 2.17. The molecule has 0 spiro atoms. The average Bonchev–Trinajstić information content (AvgIpc) is 2.19. The molecular weight excluding hydrogens is 195 g/mol. The fraction of sp³-hybridized carbons (Fsp3) is 0.250. The Morgan fingerprint density at radius 3 is 2.93 bits per heavy atom. The molecule has 2 nitrogen and oxygen atoms in total. The number of aliphatic carboxylic acids is 1. The maximum absolute atomic E-state index is 13.4. The van der Waals surface area contributed by atoms with Gasteiger partial charge in [-0.25, -0.2) is 9.18 Å². The lowest BCUT2D eigenvalue weighted by molar-refractivity contribution is -0.131. The molecule has 1 aliphatic rings. The number of carboxylic acid groups (broad SMARTS) is 1. The van der Waals surface area contributed by atoms with Crippen molar-refractivity contribution in [1.29, 1.82) is 0 Å². The Balaban J connectivity index is 2.52. The zero-order valence-electron chi connectivity index (χ0n) is 8.16. The molecule has 2 rings (SSSR count). The molecule has 0 aliphatic heterocycles. The van der Waals surface area contributed by atoms with Crippen molar-refractivity contribution in [2.45, 2.75) is 19.3 Å². The van der Waals surface area contributed by atoms with Crippen molar-refractivity contribution in [2.75, 3.05) is 0 Å². The van der Waals surface area contributed by atoms with Gasteiger partial charge in [0.15, 0.2) is 0 Å². The van der Waals surface area contributed by atoms with Crippen LogP contribution in [0.4, 0.5) is 4.39 Å². The largest absolute Gasteiger partial charge is 0.478 e. The van der Waals surface area contributed by atoms with Crippen molar-refractivity contribution in [3.63, 3.8) is 0 Å². The van der Waals surface area contributed by atoms with Gasteiger partial charge in [-0.3, -0.25) is 0 Å². The molecule has 3 heteroatoms. The first-order valence-electron chi connectivity index (χ1n) is 4.90. The van der Waals surface area contributed by atoms with Crippen molar-refractivity contribution in [3.05, 3.63) is 41.2 Å². The zero-order valence-corrected chi connectivity index (χ0v) is 8.16. The number of benzene rings is 1. The summed E-state index contributed by atoms with van der Waals surface area (Å²) >= 11 is 0. The van der Waals surface area contributed by atoms with Crippen LogP contribution in [0, 0.1) is 5.82 Å². The second-order valence-electron chi connectivity index (χ2n) is 3.63. The molecule has 0 saturated heterocycles. The molecule has 0 amide bonds. The Morgan fingerprint density at radius 1 is 1.40 bits per heavy atom. The highest BCUT2D eigenvalue weighted by molar-refractivity contribution is 5.90. The van der Waals surface area contributed by atoms with Crippen molar-refractivity contribution < 1.29 is 14.3 Å². The highest BCUT2D eigenvalue weighted by atomic mass is 19.1. The predicted octanol–water partition coefficient (Wildman–Crippen LogP) is 2.63. The lowest BCUT2D eigenvalue weighted by atomic mass is 9.87. The van der Waals surface area contributed by atoms with Crippen molar-refractivity contribution in [2.24, 2.45) is 0 Å². The fourth-order valence-corrected chi connectivity index (χ4v) is 2.00. The van der Waals surface area contributed by atoms with Gasteiger partial charge in [-0.2, -0.15) is 0 Å². The van der Waals surface area contributed by atoms with Crippen LogP contribution in [0.25, 0.3) is 5.57 Å². The predicted molar refractivity (Wildman–Crippen MR) is 55.0 cm³/mol. The summed E-state index contributed by atoms with van der Waals surface area (Å²) in [6.07, 6.45) is 3.40. The standard InChI is InChI=1S/C12H11FO2/c13-11-6-2-4-9-8(7-12(14)15)3-1-5-10(9)11/h2,4,6-7H,1,3,5H2,(H,14,15). The average molecular weight is 206 g/mol. The van der Waals surface area contributed by atoms with Gasteiger partial charge in [-0.1, -0.05) is 12.1 Å². The van der Waals surface area contributed by atoms with E-state index in [-0.39, 0.29) is 5.82 Å². The number of carbonyl (C=O) groups is 1. The second-order valence-corrected chi connectivity index (χ2v) is 3.63. The summed E-state index contributed by atoms with van der Waals surface area (Å²) in [5.74, 6) is -1.20. The van der Waals surface area contributed by atoms with E-state index in [9.17, 15) is 9.18 Å². The van der Waals surface area contributed by atoms with Crippen LogP contribution in [-0.2, 0) is 11.2 Å². The van der Waals surface area contributed by atoms with Crippen LogP contribution in [0.15, 0.2) is 24.3 Å². The summed E-state index contributed by atoms with van der Waals surface area (Å²) in [5, 5.41) is 8.69. The van der Waals surface area contributed by atoms with E-state index < -0.39 is 5.97 Å². The van der Waals surface area contributed by atoms with Gasteiger partial charge >= 0.3 is 5.97 Å². The highest BCUT2D eigenvalue weighted by Crippen LogP contribution is 2.31. The van der Waals surface area contributed by atoms with Gasteiger partial charge in [0, 0.05) is 6.08 Å². The topological polar surface area (TPSA) is 37.3 Å². The Kier molecular flexibility index (Phi) is 2.54. The van der Waals surface area contributed by atoms with E-state index in [1.165, 1.54) is 12.1 Å². The summed E-state index contributed by atoms with van der Waals surface area (Å²) in [5.41, 5.74) is 2.13. The molecule has 0 heterocycles. The van der Waals surface area contributed by atoms with Crippen molar-refractivity contribution in [1.82, 2.24) is 0 Å². The van der Waals surface area contributed by atoms with Crippen LogP contribution in [0.1, 0.15) is 24.0 Å². The summed E-state index contributed by atoms with van der Waals surface area (Å²) in [4.78, 5) is 10.6. The molecule has 15 heavy (non-hydrogen) atoms. The minimum absolute atomic E-state index is 0.233. The third-order valence-electron chi connectivity index (χ3n) is 2.64. The molecule has 1 N–H and O–H groups in total. The number of halogens is 1. The quantitative estimate of drug-likeness (QED) is 0.717. The van der Waals surface area contributed by atoms with Gasteiger partial charge in [0.2, 0.25) is 0 Å². The molecular formula is C12H11FO2. The molecule has 1 aromatic carbocycles. The van der Waals surface area contributed by atoms with Gasteiger partial charge in [0.05, 0.1) is 0 Å². The molecule has 0 bridgehead atoms. The van der Waals surface area contributed by atoms with Crippen LogP contribution < -0.4 is 0 Å². The summed E-state index contributed by atoms with van der Waals surface area (Å²) in [6, 6.07) is 4.82. The molecule has 0 aromatic heterocycles. The third-order valence-corrected chi connectivity index (χ3v) is 2.64. The van der Waals surface area contributed by atoms with Crippen LogP contribution in [0.3, 0.4) is 0 Å². The van der Waals surface area contributed by atoms with Gasteiger partial charge in [-0.05, 0) is 42.0 Å². The second kappa shape index (κ2) is 3.85. The fourth-order valence-electron chi connectivity index (χ4n) is 2.00. The number of rotatable bonds is 1. The van der Waals surface area contributed by atoms with Crippen LogP contribution in [0.5, 0.6) is 0 Å². The molecule has 0 radical (unpaired) electrons.